The fraction of sp³-hybridized carbons (Fsp3) is 0.421. The maximum absolute atomic E-state index is 12.2. The normalized spacial score (nSPS) is 16.5. The van der Waals surface area contributed by atoms with Gasteiger partial charge in [0, 0.05) is 31.8 Å². The van der Waals surface area contributed by atoms with Crippen LogP contribution in [0, 0.1) is 0 Å². The average Bonchev–Trinajstić information content (AvgIpc) is 3.45. The third-order valence-electron chi connectivity index (χ3n) is 4.56. The molecule has 0 spiro atoms. The van der Waals surface area contributed by atoms with Gasteiger partial charge in [-0.2, -0.15) is 0 Å². The first kappa shape index (κ1) is 18.9. The Hall–Kier alpha value is -2.49. The molecule has 28 heavy (non-hydrogen) atoms. The van der Waals surface area contributed by atoms with E-state index in [1.165, 1.54) is 11.3 Å². The third-order valence-corrected chi connectivity index (χ3v) is 5.49. The third kappa shape index (κ3) is 4.16. The van der Waals surface area contributed by atoms with Crippen LogP contribution in [0.25, 0.3) is 10.9 Å². The lowest BCUT2D eigenvalue weighted by Crippen LogP contribution is -2.20. The molecule has 148 valence electrons. The first-order chi connectivity index (χ1) is 13.7. The number of aromatic nitrogens is 3. The highest BCUT2D eigenvalue weighted by molar-refractivity contribution is 7.15. The minimum atomic E-state index is -0.272. The molecule has 0 radical (unpaired) electrons. The first-order valence-corrected chi connectivity index (χ1v) is 10.0. The Balaban J connectivity index is 1.36. The molecular formula is C19H22N4O4S. The van der Waals surface area contributed by atoms with Crippen LogP contribution in [-0.4, -0.2) is 47.6 Å². The Labute approximate surface area is 166 Å². The molecular weight excluding hydrogens is 380 g/mol. The van der Waals surface area contributed by atoms with E-state index in [0.717, 1.165) is 41.9 Å². The molecule has 1 fully saturated rings. The molecule has 1 N–H and O–H groups in total. The van der Waals surface area contributed by atoms with Crippen LogP contribution in [0.15, 0.2) is 30.5 Å². The molecule has 2 aromatic heterocycles. The maximum atomic E-state index is 12.2. The van der Waals surface area contributed by atoms with Crippen molar-refractivity contribution in [2.24, 2.45) is 0 Å². The van der Waals surface area contributed by atoms with Gasteiger partial charge >= 0.3 is 0 Å². The van der Waals surface area contributed by atoms with E-state index in [1.807, 2.05) is 30.5 Å². The molecule has 1 aromatic carbocycles. The van der Waals surface area contributed by atoms with Gasteiger partial charge in [-0.15, -0.1) is 10.2 Å². The predicted octanol–water partition coefficient (Wildman–Crippen LogP) is 3.01. The van der Waals surface area contributed by atoms with Crippen molar-refractivity contribution in [1.82, 2.24) is 14.8 Å². The van der Waals surface area contributed by atoms with Crippen molar-refractivity contribution in [2.45, 2.75) is 25.5 Å². The van der Waals surface area contributed by atoms with E-state index in [1.54, 1.807) is 7.11 Å². The average molecular weight is 402 g/mol. The van der Waals surface area contributed by atoms with Gasteiger partial charge in [0.25, 0.3) is 5.91 Å². The highest BCUT2D eigenvalue weighted by Gasteiger charge is 2.22. The fourth-order valence-electron chi connectivity index (χ4n) is 3.19. The molecule has 1 saturated heterocycles. The minimum absolute atomic E-state index is 0.000787. The number of ether oxygens (including phenoxy) is 3. The van der Waals surface area contributed by atoms with Crippen molar-refractivity contribution in [1.29, 1.82) is 0 Å². The molecule has 9 heteroatoms. The Morgan fingerprint density at radius 1 is 1.39 bits per heavy atom. The SMILES string of the molecule is COCCn1ccc2c(OCC(=O)Nc3nnc([C@@H]4CCCO4)s3)cccc21. The van der Waals surface area contributed by atoms with Crippen LogP contribution in [0.3, 0.4) is 0 Å². The number of methoxy groups -OCH3 is 1. The summed E-state index contributed by atoms with van der Waals surface area (Å²) >= 11 is 1.34. The molecule has 1 aliphatic heterocycles. The van der Waals surface area contributed by atoms with Crippen molar-refractivity contribution in [3.63, 3.8) is 0 Å². The van der Waals surface area contributed by atoms with Gasteiger partial charge in [-0.05, 0) is 31.0 Å². The van der Waals surface area contributed by atoms with Crippen LogP contribution in [0.5, 0.6) is 5.75 Å². The van der Waals surface area contributed by atoms with Crippen LogP contribution >= 0.6 is 11.3 Å². The monoisotopic (exact) mass is 402 g/mol. The minimum Gasteiger partial charge on any atom is -0.483 e. The van der Waals surface area contributed by atoms with Crippen molar-refractivity contribution >= 4 is 33.3 Å². The number of fused-ring (bicyclic) bond motifs is 1. The highest BCUT2D eigenvalue weighted by Crippen LogP contribution is 2.32. The quantitative estimate of drug-likeness (QED) is 0.623. The summed E-state index contributed by atoms with van der Waals surface area (Å²) in [4.78, 5) is 12.2. The zero-order valence-corrected chi connectivity index (χ0v) is 16.4. The summed E-state index contributed by atoms with van der Waals surface area (Å²) in [6.07, 6.45) is 3.96. The van der Waals surface area contributed by atoms with Crippen LogP contribution in [0.2, 0.25) is 0 Å². The standard InChI is InChI=1S/C19H22N4O4S/c1-25-11-9-23-8-7-13-14(23)4-2-5-15(13)27-12-17(24)20-19-22-21-18(28-19)16-6-3-10-26-16/h2,4-5,7-8,16H,3,6,9-12H2,1H3,(H,20,22,24)/t16-/m0/s1. The molecule has 1 atom stereocenters. The first-order valence-electron chi connectivity index (χ1n) is 9.19. The van der Waals surface area contributed by atoms with Crippen molar-refractivity contribution in [3.05, 3.63) is 35.5 Å². The molecule has 0 unspecified atom stereocenters. The lowest BCUT2D eigenvalue weighted by atomic mass is 10.2. The number of amides is 1. The van der Waals surface area contributed by atoms with E-state index in [0.29, 0.717) is 17.5 Å². The molecule has 0 saturated carbocycles. The van der Waals surface area contributed by atoms with Crippen molar-refractivity contribution in [2.75, 3.05) is 32.2 Å². The summed E-state index contributed by atoms with van der Waals surface area (Å²) in [5.41, 5.74) is 1.04. The number of benzene rings is 1. The maximum Gasteiger partial charge on any atom is 0.264 e. The highest BCUT2D eigenvalue weighted by atomic mass is 32.1. The fourth-order valence-corrected chi connectivity index (χ4v) is 4.04. The summed E-state index contributed by atoms with van der Waals surface area (Å²) in [5, 5.41) is 13.1. The number of hydrogen-bond donors (Lipinski definition) is 1. The molecule has 1 amide bonds. The van der Waals surface area contributed by atoms with Gasteiger partial charge in [-0.1, -0.05) is 17.4 Å². The molecule has 4 rings (SSSR count). The summed E-state index contributed by atoms with van der Waals surface area (Å²) in [5.74, 6) is 0.395. The van der Waals surface area contributed by atoms with E-state index < -0.39 is 0 Å². The number of nitrogens with one attached hydrogen (secondary N) is 1. The van der Waals surface area contributed by atoms with Gasteiger partial charge in [0.15, 0.2) is 6.61 Å². The Bertz CT molecular complexity index is 948. The zero-order chi connectivity index (χ0) is 19.3. The number of carbonyl (C=O) groups is 1. The molecule has 8 nitrogen and oxygen atoms in total. The van der Waals surface area contributed by atoms with Gasteiger partial charge in [0.05, 0.1) is 12.1 Å². The molecule has 0 bridgehead atoms. The number of anilines is 1. The number of carbonyl (C=O) groups excluding carboxylic acids is 1. The number of hydrogen-bond acceptors (Lipinski definition) is 7. The van der Waals surface area contributed by atoms with Gasteiger partial charge < -0.3 is 18.8 Å². The smallest absolute Gasteiger partial charge is 0.264 e. The molecule has 3 heterocycles. The van der Waals surface area contributed by atoms with Gasteiger partial charge in [0.2, 0.25) is 5.13 Å². The number of rotatable bonds is 8. The van der Waals surface area contributed by atoms with Crippen molar-refractivity contribution in [3.8, 4) is 5.75 Å². The largest absolute Gasteiger partial charge is 0.483 e. The van der Waals surface area contributed by atoms with Gasteiger partial charge in [-0.3, -0.25) is 10.1 Å². The Morgan fingerprint density at radius 2 is 2.32 bits per heavy atom. The van der Waals surface area contributed by atoms with E-state index >= 15 is 0 Å². The van der Waals surface area contributed by atoms with Crippen LogP contribution in [0.4, 0.5) is 5.13 Å². The van der Waals surface area contributed by atoms with E-state index in [-0.39, 0.29) is 18.6 Å². The van der Waals surface area contributed by atoms with E-state index in [9.17, 15) is 4.79 Å². The summed E-state index contributed by atoms with van der Waals surface area (Å²) in [7, 11) is 1.68. The topological polar surface area (TPSA) is 87.5 Å². The second-order valence-corrected chi connectivity index (χ2v) is 7.48. The lowest BCUT2D eigenvalue weighted by Gasteiger charge is -2.08. The summed E-state index contributed by atoms with van der Waals surface area (Å²) in [6, 6.07) is 7.77. The molecule has 3 aromatic rings. The number of nitrogens with zero attached hydrogens (tertiary/aromatic N) is 3. The Morgan fingerprint density at radius 3 is 3.14 bits per heavy atom. The van der Waals surface area contributed by atoms with Gasteiger partial charge in [-0.25, -0.2) is 0 Å². The van der Waals surface area contributed by atoms with E-state index in [2.05, 4.69) is 20.1 Å². The van der Waals surface area contributed by atoms with Crippen LogP contribution < -0.4 is 10.1 Å². The predicted molar refractivity (Wildman–Crippen MR) is 106 cm³/mol. The van der Waals surface area contributed by atoms with Crippen molar-refractivity contribution < 1.29 is 19.0 Å². The molecule has 0 aliphatic carbocycles. The van der Waals surface area contributed by atoms with E-state index in [4.69, 9.17) is 14.2 Å². The van der Waals surface area contributed by atoms with Crippen LogP contribution in [0.1, 0.15) is 24.0 Å². The second kappa shape index (κ2) is 8.68. The second-order valence-electron chi connectivity index (χ2n) is 6.47. The van der Waals surface area contributed by atoms with Crippen LogP contribution in [-0.2, 0) is 20.8 Å². The van der Waals surface area contributed by atoms with Gasteiger partial charge in [0.1, 0.15) is 16.9 Å². The summed E-state index contributed by atoms with van der Waals surface area (Å²) < 4.78 is 18.6. The molecule has 1 aliphatic rings. The summed E-state index contributed by atoms with van der Waals surface area (Å²) in [6.45, 7) is 2.04. The Kier molecular flexibility index (Phi) is 5.84. The lowest BCUT2D eigenvalue weighted by molar-refractivity contribution is -0.118. The zero-order valence-electron chi connectivity index (χ0n) is 15.6.